The first kappa shape index (κ1) is 21.2. The van der Waals surface area contributed by atoms with Gasteiger partial charge in [0.25, 0.3) is 5.91 Å². The quantitative estimate of drug-likeness (QED) is 0.417. The number of hydrogen-bond acceptors (Lipinski definition) is 7. The molecule has 2 aromatic carbocycles. The van der Waals surface area contributed by atoms with Crippen molar-refractivity contribution in [3.63, 3.8) is 0 Å². The van der Waals surface area contributed by atoms with E-state index >= 15 is 0 Å². The highest BCUT2D eigenvalue weighted by atomic mass is 32.2. The lowest BCUT2D eigenvalue weighted by Crippen LogP contribution is -2.49. The summed E-state index contributed by atoms with van der Waals surface area (Å²) in [5.41, 5.74) is 3.27. The number of para-hydroxylation sites is 1. The third kappa shape index (κ3) is 4.75. The summed E-state index contributed by atoms with van der Waals surface area (Å²) in [6.45, 7) is 1.67. The Morgan fingerprint density at radius 3 is 2.52 bits per heavy atom. The van der Waals surface area contributed by atoms with Crippen LogP contribution in [0.3, 0.4) is 0 Å². The van der Waals surface area contributed by atoms with Crippen LogP contribution in [-0.4, -0.2) is 35.5 Å². The molecule has 1 heterocycles. The minimum atomic E-state index is -3.71. The predicted octanol–water partition coefficient (Wildman–Crippen LogP) is 3.12. The molecule has 1 unspecified atom stereocenters. The second kappa shape index (κ2) is 8.48. The molecule has 3 rings (SSSR count). The molecular formula is C20H22N2O5S2. The van der Waals surface area contributed by atoms with E-state index in [1.54, 1.807) is 23.5 Å². The zero-order valence-corrected chi connectivity index (χ0v) is 17.7. The molecule has 0 fully saturated rings. The Morgan fingerprint density at radius 2 is 1.90 bits per heavy atom. The summed E-state index contributed by atoms with van der Waals surface area (Å²) in [4.78, 5) is 16.4. The fourth-order valence-corrected chi connectivity index (χ4v) is 4.58. The van der Waals surface area contributed by atoms with Crippen molar-refractivity contribution in [2.24, 2.45) is 0 Å². The topological polar surface area (TPSA) is 106 Å². The van der Waals surface area contributed by atoms with Crippen molar-refractivity contribution >= 4 is 37.3 Å². The molecule has 0 aliphatic rings. The number of rotatable bonds is 8. The number of nitrogens with zero attached hydrogens (tertiary/aromatic N) is 1. The molecule has 7 nitrogen and oxygen atoms in total. The Bertz CT molecular complexity index is 1080. The standard InChI is InChI=1S/C20H22N2O5S2/c1-20(19(23)22-24,29(2,25)26)12-11-14-7-9-15(10-8-14)27-13-18-21-16-5-3-4-6-17(16)28-18/h3-10,24H,11-13H2,1-2H3,(H,22,23). The van der Waals surface area contributed by atoms with E-state index in [2.05, 4.69) is 4.98 Å². The number of hydroxylamine groups is 1. The van der Waals surface area contributed by atoms with E-state index in [1.165, 1.54) is 12.4 Å². The van der Waals surface area contributed by atoms with Crippen LogP contribution in [0.5, 0.6) is 5.75 Å². The van der Waals surface area contributed by atoms with Gasteiger partial charge in [-0.2, -0.15) is 0 Å². The smallest absolute Gasteiger partial charge is 0.264 e. The normalized spacial score (nSPS) is 13.8. The molecule has 1 amide bonds. The molecule has 9 heteroatoms. The summed E-state index contributed by atoms with van der Waals surface area (Å²) in [5, 5.41) is 9.77. The van der Waals surface area contributed by atoms with Crippen LogP contribution in [0.2, 0.25) is 0 Å². The number of fused-ring (bicyclic) bond motifs is 1. The fourth-order valence-electron chi connectivity index (χ4n) is 2.85. The number of nitrogens with one attached hydrogen (secondary N) is 1. The lowest BCUT2D eigenvalue weighted by Gasteiger charge is -2.25. The molecule has 0 spiro atoms. The molecule has 0 aliphatic heterocycles. The van der Waals surface area contributed by atoms with Crippen LogP contribution in [0.1, 0.15) is 23.9 Å². The van der Waals surface area contributed by atoms with Crippen LogP contribution in [0.15, 0.2) is 48.5 Å². The van der Waals surface area contributed by atoms with Gasteiger partial charge in [-0.15, -0.1) is 11.3 Å². The number of amides is 1. The minimum absolute atomic E-state index is 0.0458. The SMILES string of the molecule is CC(CCc1ccc(OCc2nc3ccccc3s2)cc1)(C(=O)NO)S(C)(=O)=O. The molecule has 1 atom stereocenters. The van der Waals surface area contributed by atoms with Gasteiger partial charge in [0, 0.05) is 6.26 Å². The number of ether oxygens (including phenoxy) is 1. The van der Waals surface area contributed by atoms with E-state index in [0.717, 1.165) is 27.0 Å². The van der Waals surface area contributed by atoms with Gasteiger partial charge < -0.3 is 4.74 Å². The van der Waals surface area contributed by atoms with Crippen LogP contribution in [0.25, 0.3) is 10.2 Å². The van der Waals surface area contributed by atoms with Crippen molar-refractivity contribution in [1.82, 2.24) is 10.5 Å². The number of carbonyl (C=O) groups is 1. The highest BCUT2D eigenvalue weighted by Crippen LogP contribution is 2.25. The summed E-state index contributed by atoms with van der Waals surface area (Å²) in [6, 6.07) is 15.2. The summed E-state index contributed by atoms with van der Waals surface area (Å²) in [5.74, 6) is -0.261. The average Bonchev–Trinajstić information content (AvgIpc) is 3.12. The summed E-state index contributed by atoms with van der Waals surface area (Å²) < 4.78 is 29.2. The van der Waals surface area contributed by atoms with Crippen LogP contribution >= 0.6 is 11.3 Å². The van der Waals surface area contributed by atoms with Gasteiger partial charge >= 0.3 is 0 Å². The average molecular weight is 435 g/mol. The van der Waals surface area contributed by atoms with Crippen molar-refractivity contribution in [2.45, 2.75) is 31.1 Å². The van der Waals surface area contributed by atoms with Gasteiger partial charge in [0.2, 0.25) is 0 Å². The van der Waals surface area contributed by atoms with E-state index < -0.39 is 20.5 Å². The zero-order chi connectivity index (χ0) is 21.1. The summed E-state index contributed by atoms with van der Waals surface area (Å²) in [7, 11) is -3.71. The fraction of sp³-hybridized carbons (Fsp3) is 0.300. The van der Waals surface area contributed by atoms with Gasteiger partial charge in [0.05, 0.1) is 10.2 Å². The molecule has 29 heavy (non-hydrogen) atoms. The predicted molar refractivity (Wildman–Crippen MR) is 112 cm³/mol. The number of carbonyl (C=O) groups excluding carboxylic acids is 1. The minimum Gasteiger partial charge on any atom is -0.486 e. The first-order valence-electron chi connectivity index (χ1n) is 8.93. The molecule has 0 aliphatic carbocycles. The van der Waals surface area contributed by atoms with Gasteiger partial charge in [-0.3, -0.25) is 10.0 Å². The monoisotopic (exact) mass is 434 g/mol. The lowest BCUT2D eigenvalue weighted by molar-refractivity contribution is -0.131. The molecule has 3 aromatic rings. The van der Waals surface area contributed by atoms with Gasteiger partial charge in [0.1, 0.15) is 22.1 Å². The van der Waals surface area contributed by atoms with Gasteiger partial charge in [-0.05, 0) is 49.6 Å². The lowest BCUT2D eigenvalue weighted by atomic mass is 9.99. The van der Waals surface area contributed by atoms with Crippen molar-refractivity contribution < 1.29 is 23.2 Å². The molecule has 0 radical (unpaired) electrons. The second-order valence-corrected chi connectivity index (χ2v) is 10.5. The molecule has 0 saturated carbocycles. The zero-order valence-electron chi connectivity index (χ0n) is 16.1. The third-order valence-corrected chi connectivity index (χ3v) is 7.95. The maximum atomic E-state index is 12.0. The molecule has 154 valence electrons. The van der Waals surface area contributed by atoms with Crippen molar-refractivity contribution in [2.75, 3.05) is 6.26 Å². The number of aryl methyl sites for hydroxylation is 1. The van der Waals surface area contributed by atoms with Crippen molar-refractivity contribution in [3.8, 4) is 5.75 Å². The van der Waals surface area contributed by atoms with E-state index in [9.17, 15) is 13.2 Å². The maximum absolute atomic E-state index is 12.0. The van der Waals surface area contributed by atoms with Crippen LogP contribution in [-0.2, 0) is 27.7 Å². The van der Waals surface area contributed by atoms with E-state index in [0.29, 0.717) is 18.8 Å². The number of hydrogen-bond donors (Lipinski definition) is 2. The Kier molecular flexibility index (Phi) is 6.21. The Morgan fingerprint density at radius 1 is 1.21 bits per heavy atom. The Balaban J connectivity index is 1.61. The number of benzene rings is 2. The Labute approximate surface area is 173 Å². The van der Waals surface area contributed by atoms with Crippen LogP contribution in [0.4, 0.5) is 0 Å². The number of aromatic nitrogens is 1. The molecule has 1 aromatic heterocycles. The highest BCUT2D eigenvalue weighted by molar-refractivity contribution is 7.92. The van der Waals surface area contributed by atoms with Crippen molar-refractivity contribution in [1.29, 1.82) is 0 Å². The van der Waals surface area contributed by atoms with E-state index in [1.807, 2.05) is 36.4 Å². The van der Waals surface area contributed by atoms with Gasteiger partial charge in [-0.1, -0.05) is 24.3 Å². The summed E-state index contributed by atoms with van der Waals surface area (Å²) >= 11 is 1.59. The van der Waals surface area contributed by atoms with Crippen LogP contribution in [0, 0.1) is 0 Å². The second-order valence-electron chi connectivity index (χ2n) is 6.95. The van der Waals surface area contributed by atoms with Gasteiger partial charge in [-0.25, -0.2) is 18.9 Å². The number of thiazole rings is 1. The van der Waals surface area contributed by atoms with Gasteiger partial charge in [0.15, 0.2) is 9.84 Å². The largest absolute Gasteiger partial charge is 0.486 e. The third-order valence-electron chi connectivity index (χ3n) is 4.91. The first-order chi connectivity index (χ1) is 13.7. The molecular weight excluding hydrogens is 412 g/mol. The van der Waals surface area contributed by atoms with E-state index in [-0.39, 0.29) is 6.42 Å². The maximum Gasteiger partial charge on any atom is 0.264 e. The first-order valence-corrected chi connectivity index (χ1v) is 11.6. The van der Waals surface area contributed by atoms with E-state index in [4.69, 9.17) is 9.94 Å². The molecule has 0 saturated heterocycles. The molecule has 0 bridgehead atoms. The Hall–Kier alpha value is -2.49. The highest BCUT2D eigenvalue weighted by Gasteiger charge is 2.43. The van der Waals surface area contributed by atoms with Crippen molar-refractivity contribution in [3.05, 3.63) is 59.1 Å². The van der Waals surface area contributed by atoms with Crippen LogP contribution < -0.4 is 10.2 Å². The number of sulfone groups is 1. The summed E-state index contributed by atoms with van der Waals surface area (Å²) in [6.07, 6.45) is 1.39. The molecule has 2 N–H and O–H groups in total.